The smallest absolute Gasteiger partial charge is 0.244 e. The van der Waals surface area contributed by atoms with Crippen LogP contribution in [0.4, 0.5) is 5.69 Å². The Kier molecular flexibility index (Phi) is 10.3. The van der Waals surface area contributed by atoms with Gasteiger partial charge in [-0.25, -0.2) is 8.42 Å². The molecule has 3 aromatic carbocycles. The van der Waals surface area contributed by atoms with E-state index in [9.17, 15) is 18.0 Å². The molecule has 0 saturated heterocycles. The lowest BCUT2D eigenvalue weighted by molar-refractivity contribution is -0.139. The number of ether oxygens (including phenoxy) is 2. The van der Waals surface area contributed by atoms with Gasteiger partial charge in [0.1, 0.15) is 29.8 Å². The van der Waals surface area contributed by atoms with Gasteiger partial charge in [-0.1, -0.05) is 37.3 Å². The van der Waals surface area contributed by atoms with Crippen molar-refractivity contribution in [2.24, 2.45) is 0 Å². The van der Waals surface area contributed by atoms with Gasteiger partial charge in [-0.3, -0.25) is 13.9 Å². The van der Waals surface area contributed by atoms with Crippen molar-refractivity contribution in [2.45, 2.75) is 32.9 Å². The Morgan fingerprint density at radius 3 is 2.05 bits per heavy atom. The zero-order chi connectivity index (χ0) is 28.4. The van der Waals surface area contributed by atoms with Crippen molar-refractivity contribution in [1.29, 1.82) is 0 Å². The number of methoxy groups -OCH3 is 1. The first-order valence-electron chi connectivity index (χ1n) is 12.6. The molecule has 9 nitrogen and oxygen atoms in total. The lowest BCUT2D eigenvalue weighted by atomic mass is 10.1. The molecular formula is C29H35N3O6S. The molecule has 0 bridgehead atoms. The lowest BCUT2D eigenvalue weighted by Crippen LogP contribution is -2.51. The van der Waals surface area contributed by atoms with Crippen molar-refractivity contribution in [1.82, 2.24) is 10.2 Å². The van der Waals surface area contributed by atoms with Crippen molar-refractivity contribution < 1.29 is 27.5 Å². The highest BCUT2D eigenvalue weighted by molar-refractivity contribution is 7.92. The number of rotatable bonds is 13. The second-order valence-electron chi connectivity index (χ2n) is 9.02. The first-order valence-corrected chi connectivity index (χ1v) is 14.5. The summed E-state index contributed by atoms with van der Waals surface area (Å²) in [5.74, 6) is 0.998. The van der Waals surface area contributed by atoms with Crippen LogP contribution < -0.4 is 19.1 Å². The summed E-state index contributed by atoms with van der Waals surface area (Å²) in [5, 5.41) is 2.81. The van der Waals surface area contributed by atoms with Crippen LogP contribution in [-0.2, 0) is 26.2 Å². The largest absolute Gasteiger partial charge is 0.497 e. The van der Waals surface area contributed by atoms with Crippen molar-refractivity contribution in [3.05, 3.63) is 84.4 Å². The Balaban J connectivity index is 1.84. The van der Waals surface area contributed by atoms with Crippen molar-refractivity contribution >= 4 is 27.5 Å². The molecule has 0 aliphatic rings. The summed E-state index contributed by atoms with van der Waals surface area (Å²) in [4.78, 5) is 27.8. The van der Waals surface area contributed by atoms with Gasteiger partial charge in [0.25, 0.3) is 0 Å². The molecule has 39 heavy (non-hydrogen) atoms. The average molecular weight is 554 g/mol. The number of hydrogen-bond acceptors (Lipinski definition) is 6. The predicted molar refractivity (Wildman–Crippen MR) is 151 cm³/mol. The Bertz CT molecular complexity index is 1330. The molecule has 208 valence electrons. The van der Waals surface area contributed by atoms with E-state index < -0.39 is 28.5 Å². The molecule has 0 aliphatic carbocycles. The zero-order valence-electron chi connectivity index (χ0n) is 22.7. The normalized spacial score (nSPS) is 11.8. The monoisotopic (exact) mass is 553 g/mol. The van der Waals surface area contributed by atoms with Crippen LogP contribution in [0.25, 0.3) is 0 Å². The van der Waals surface area contributed by atoms with Gasteiger partial charge in [0.05, 0.1) is 19.1 Å². The van der Waals surface area contributed by atoms with Crippen LogP contribution in [-0.4, -0.2) is 57.6 Å². The topological polar surface area (TPSA) is 105 Å². The Labute approximate surface area is 230 Å². The van der Waals surface area contributed by atoms with E-state index in [1.165, 1.54) is 4.90 Å². The number of para-hydroxylation sites is 1. The third-order valence-corrected chi connectivity index (χ3v) is 7.15. The number of hydrogen-bond donors (Lipinski definition) is 1. The molecule has 1 atom stereocenters. The number of nitrogens with one attached hydrogen (secondary N) is 1. The number of carbonyl (C=O) groups is 2. The standard InChI is InChI=1S/C29H35N3O6S/c1-5-19-30-29(34)22(2)31(20-23-11-15-25(37-3)16-12-23)28(33)21-32(39(4,35)36)24-13-17-27(18-14-24)38-26-9-7-6-8-10-26/h6-18,22H,5,19-21H2,1-4H3,(H,30,34)/t22-/m0/s1. The van der Waals surface area contributed by atoms with Crippen LogP contribution in [0.15, 0.2) is 78.9 Å². The molecule has 0 fully saturated rings. The summed E-state index contributed by atoms with van der Waals surface area (Å²) >= 11 is 0. The SMILES string of the molecule is CCCNC(=O)[C@H](C)N(Cc1ccc(OC)cc1)C(=O)CN(c1ccc(Oc2ccccc2)cc1)S(C)(=O)=O. The van der Waals surface area contributed by atoms with Gasteiger partial charge in [-0.05, 0) is 67.4 Å². The zero-order valence-corrected chi connectivity index (χ0v) is 23.5. The molecule has 10 heteroatoms. The fourth-order valence-corrected chi connectivity index (χ4v) is 4.67. The van der Waals surface area contributed by atoms with Crippen molar-refractivity contribution in [2.75, 3.05) is 30.8 Å². The van der Waals surface area contributed by atoms with E-state index in [1.54, 1.807) is 62.6 Å². The van der Waals surface area contributed by atoms with Gasteiger partial charge < -0.3 is 19.7 Å². The summed E-state index contributed by atoms with van der Waals surface area (Å²) in [6, 6.07) is 21.9. The minimum Gasteiger partial charge on any atom is -0.497 e. The maximum atomic E-state index is 13.6. The number of nitrogens with zero attached hydrogens (tertiary/aromatic N) is 2. The van der Waals surface area contributed by atoms with Gasteiger partial charge in [0.15, 0.2) is 0 Å². The van der Waals surface area contributed by atoms with Crippen LogP contribution in [0, 0.1) is 0 Å². The summed E-state index contributed by atoms with van der Waals surface area (Å²) in [6.45, 7) is 3.68. The van der Waals surface area contributed by atoms with Gasteiger partial charge in [-0.15, -0.1) is 0 Å². The molecule has 0 aromatic heterocycles. The highest BCUT2D eigenvalue weighted by atomic mass is 32.2. The summed E-state index contributed by atoms with van der Waals surface area (Å²) in [7, 11) is -2.27. The summed E-state index contributed by atoms with van der Waals surface area (Å²) in [6.07, 6.45) is 1.79. The van der Waals surface area contributed by atoms with Crippen LogP contribution in [0.5, 0.6) is 17.2 Å². The number of benzene rings is 3. The average Bonchev–Trinajstić information content (AvgIpc) is 2.93. The van der Waals surface area contributed by atoms with Gasteiger partial charge in [0, 0.05) is 13.1 Å². The second-order valence-corrected chi connectivity index (χ2v) is 10.9. The molecule has 0 heterocycles. The molecule has 1 N–H and O–H groups in total. The maximum Gasteiger partial charge on any atom is 0.244 e. The second kappa shape index (κ2) is 13.7. The molecule has 2 amide bonds. The van der Waals surface area contributed by atoms with E-state index in [0.29, 0.717) is 29.5 Å². The third kappa shape index (κ3) is 8.47. The number of amides is 2. The van der Waals surface area contributed by atoms with Crippen LogP contribution in [0.2, 0.25) is 0 Å². The van der Waals surface area contributed by atoms with Crippen molar-refractivity contribution in [3.63, 3.8) is 0 Å². The molecule has 0 saturated carbocycles. The molecule has 0 radical (unpaired) electrons. The number of carbonyl (C=O) groups excluding carboxylic acids is 2. The Morgan fingerprint density at radius 1 is 0.897 bits per heavy atom. The molecular weight excluding hydrogens is 518 g/mol. The molecule has 0 unspecified atom stereocenters. The molecule has 3 rings (SSSR count). The fraction of sp³-hybridized carbons (Fsp3) is 0.310. The predicted octanol–water partition coefficient (Wildman–Crippen LogP) is 4.20. The minimum absolute atomic E-state index is 0.116. The van der Waals surface area contributed by atoms with E-state index >= 15 is 0 Å². The number of anilines is 1. The van der Waals surface area contributed by atoms with E-state index in [-0.39, 0.29) is 12.5 Å². The van der Waals surface area contributed by atoms with E-state index in [1.807, 2.05) is 37.3 Å². The van der Waals surface area contributed by atoms with E-state index in [0.717, 1.165) is 22.5 Å². The Hall–Kier alpha value is -4.05. The first-order chi connectivity index (χ1) is 18.6. The van der Waals surface area contributed by atoms with Gasteiger partial charge in [0.2, 0.25) is 21.8 Å². The molecule has 0 spiro atoms. The van der Waals surface area contributed by atoms with E-state index in [2.05, 4.69) is 5.32 Å². The van der Waals surface area contributed by atoms with Gasteiger partial charge >= 0.3 is 0 Å². The number of sulfonamides is 1. The quantitative estimate of drug-likeness (QED) is 0.340. The van der Waals surface area contributed by atoms with Crippen LogP contribution in [0.1, 0.15) is 25.8 Å². The highest BCUT2D eigenvalue weighted by Crippen LogP contribution is 2.26. The first kappa shape index (κ1) is 29.5. The van der Waals surface area contributed by atoms with Crippen LogP contribution in [0.3, 0.4) is 0 Å². The summed E-state index contributed by atoms with van der Waals surface area (Å²) < 4.78 is 37.6. The maximum absolute atomic E-state index is 13.6. The van der Waals surface area contributed by atoms with Gasteiger partial charge in [-0.2, -0.15) is 0 Å². The third-order valence-electron chi connectivity index (χ3n) is 6.01. The fourth-order valence-electron chi connectivity index (χ4n) is 3.82. The van der Waals surface area contributed by atoms with Crippen LogP contribution >= 0.6 is 0 Å². The molecule has 0 aliphatic heterocycles. The van der Waals surface area contributed by atoms with Crippen molar-refractivity contribution in [3.8, 4) is 17.2 Å². The highest BCUT2D eigenvalue weighted by Gasteiger charge is 2.30. The minimum atomic E-state index is -3.83. The Morgan fingerprint density at radius 2 is 1.49 bits per heavy atom. The summed E-state index contributed by atoms with van der Waals surface area (Å²) in [5.41, 5.74) is 1.08. The lowest BCUT2D eigenvalue weighted by Gasteiger charge is -2.31. The van der Waals surface area contributed by atoms with E-state index in [4.69, 9.17) is 9.47 Å². The molecule has 3 aromatic rings.